The van der Waals surface area contributed by atoms with Gasteiger partial charge in [-0.3, -0.25) is 0 Å². The zero-order valence-corrected chi connectivity index (χ0v) is 16.8. The van der Waals surface area contributed by atoms with Crippen LogP contribution in [-0.2, 0) is 6.42 Å². The highest BCUT2D eigenvalue weighted by Crippen LogP contribution is 2.39. The third-order valence-corrected chi connectivity index (χ3v) is 5.59. The summed E-state index contributed by atoms with van der Waals surface area (Å²) in [6.07, 6.45) is 2.72. The lowest BCUT2D eigenvalue weighted by molar-refractivity contribution is 0.179. The third-order valence-electron chi connectivity index (χ3n) is 5.59. The molecule has 1 unspecified atom stereocenters. The smallest absolute Gasteiger partial charge is 0.318 e. The molecule has 5 nitrogen and oxygen atoms in total. The Hall–Kier alpha value is -3.02. The van der Waals surface area contributed by atoms with Crippen molar-refractivity contribution >= 4 is 16.9 Å². The van der Waals surface area contributed by atoms with Crippen LogP contribution in [0.4, 0.5) is 9.18 Å². The molecule has 1 aliphatic heterocycles. The molecule has 152 valence electrons. The summed E-state index contributed by atoms with van der Waals surface area (Å²) < 4.78 is 18.9. The predicted molar refractivity (Wildman–Crippen MR) is 112 cm³/mol. The van der Waals surface area contributed by atoms with Crippen LogP contribution >= 0.6 is 0 Å². The van der Waals surface area contributed by atoms with Crippen molar-refractivity contribution in [2.24, 2.45) is 0 Å². The molecular formula is C23H26FN3O2. The number of fused-ring (bicyclic) bond motifs is 3. The number of urea groups is 1. The Balaban J connectivity index is 1.78. The van der Waals surface area contributed by atoms with Crippen molar-refractivity contribution in [1.82, 2.24) is 15.2 Å². The summed E-state index contributed by atoms with van der Waals surface area (Å²) in [5.74, 6) is 0.516. The van der Waals surface area contributed by atoms with Gasteiger partial charge in [0.1, 0.15) is 11.6 Å². The van der Waals surface area contributed by atoms with Gasteiger partial charge in [-0.15, -0.1) is 0 Å². The number of unbranched alkanes of at least 4 members (excludes halogenated alkanes) is 1. The van der Waals surface area contributed by atoms with Gasteiger partial charge in [-0.05, 0) is 54.3 Å². The Morgan fingerprint density at radius 3 is 2.79 bits per heavy atom. The molecule has 3 aromatic rings. The van der Waals surface area contributed by atoms with E-state index in [9.17, 15) is 9.18 Å². The van der Waals surface area contributed by atoms with Gasteiger partial charge in [-0.1, -0.05) is 25.5 Å². The topological polar surface area (TPSA) is 57.4 Å². The van der Waals surface area contributed by atoms with Crippen molar-refractivity contribution in [3.05, 3.63) is 65.1 Å². The first-order chi connectivity index (χ1) is 14.1. The van der Waals surface area contributed by atoms with E-state index in [4.69, 9.17) is 4.74 Å². The molecule has 29 heavy (non-hydrogen) atoms. The number of hydrogen-bond donors (Lipinski definition) is 2. The summed E-state index contributed by atoms with van der Waals surface area (Å²) in [7, 11) is 1.66. The lowest BCUT2D eigenvalue weighted by Gasteiger charge is -2.36. The average molecular weight is 395 g/mol. The number of carbonyl (C=O) groups excluding carboxylic acids is 1. The quantitative estimate of drug-likeness (QED) is 0.611. The highest BCUT2D eigenvalue weighted by Gasteiger charge is 2.34. The number of rotatable bonds is 5. The summed E-state index contributed by atoms with van der Waals surface area (Å²) in [5.41, 5.74) is 4.07. The van der Waals surface area contributed by atoms with E-state index >= 15 is 0 Å². The first-order valence-electron chi connectivity index (χ1n) is 10.1. The highest BCUT2D eigenvalue weighted by atomic mass is 19.1. The van der Waals surface area contributed by atoms with Gasteiger partial charge >= 0.3 is 6.03 Å². The summed E-state index contributed by atoms with van der Waals surface area (Å²) >= 11 is 0. The molecule has 1 aromatic heterocycles. The minimum atomic E-state index is -0.292. The molecule has 1 aliphatic rings. The number of amides is 2. The summed E-state index contributed by atoms with van der Waals surface area (Å²) in [6, 6.07) is 12.0. The molecule has 6 heteroatoms. The number of ether oxygens (including phenoxy) is 1. The standard InChI is InChI=1S/C23H26FN3O2/c1-3-4-12-25-23(28)27-13-11-18-19-14-17(29-2)9-10-20(19)26-21(18)22(27)15-5-7-16(24)8-6-15/h5-10,14,22,26H,3-4,11-13H2,1-2H3,(H,25,28). The van der Waals surface area contributed by atoms with Crippen LogP contribution in [0.2, 0.25) is 0 Å². The molecule has 0 spiro atoms. The minimum absolute atomic E-state index is 0.0883. The van der Waals surface area contributed by atoms with E-state index in [0.29, 0.717) is 13.1 Å². The van der Waals surface area contributed by atoms with Gasteiger partial charge in [0, 0.05) is 29.7 Å². The maximum Gasteiger partial charge on any atom is 0.318 e. The molecule has 2 heterocycles. The van der Waals surface area contributed by atoms with Crippen LogP contribution in [-0.4, -0.2) is 36.1 Å². The van der Waals surface area contributed by atoms with E-state index in [1.54, 1.807) is 19.2 Å². The number of methoxy groups -OCH3 is 1. The van der Waals surface area contributed by atoms with Crippen LogP contribution in [0.5, 0.6) is 5.75 Å². The van der Waals surface area contributed by atoms with Gasteiger partial charge in [0.25, 0.3) is 0 Å². The number of nitrogens with zero attached hydrogens (tertiary/aromatic N) is 1. The van der Waals surface area contributed by atoms with Crippen molar-refractivity contribution in [3.63, 3.8) is 0 Å². The lowest BCUT2D eigenvalue weighted by Crippen LogP contribution is -2.46. The molecule has 4 rings (SSSR count). The lowest BCUT2D eigenvalue weighted by atomic mass is 9.92. The number of aromatic nitrogens is 1. The van der Waals surface area contributed by atoms with Crippen LogP contribution in [0, 0.1) is 5.82 Å². The number of benzene rings is 2. The molecule has 0 radical (unpaired) electrons. The first-order valence-corrected chi connectivity index (χ1v) is 10.1. The molecular weight excluding hydrogens is 369 g/mol. The van der Waals surface area contributed by atoms with Gasteiger partial charge in [0.15, 0.2) is 0 Å². The van der Waals surface area contributed by atoms with E-state index in [1.807, 2.05) is 23.1 Å². The number of hydrogen-bond acceptors (Lipinski definition) is 2. The maximum absolute atomic E-state index is 13.5. The molecule has 1 atom stereocenters. The minimum Gasteiger partial charge on any atom is -0.497 e. The molecule has 0 bridgehead atoms. The molecule has 0 saturated heterocycles. The Kier molecular flexibility index (Phi) is 5.43. The number of carbonyl (C=O) groups is 1. The number of halogens is 1. The monoisotopic (exact) mass is 395 g/mol. The van der Waals surface area contributed by atoms with Crippen LogP contribution in [0.15, 0.2) is 42.5 Å². The van der Waals surface area contributed by atoms with Crippen molar-refractivity contribution < 1.29 is 13.9 Å². The van der Waals surface area contributed by atoms with Crippen LogP contribution < -0.4 is 10.1 Å². The SMILES string of the molecule is CCCCNC(=O)N1CCc2c([nH]c3ccc(OC)cc23)C1c1ccc(F)cc1. The number of nitrogens with one attached hydrogen (secondary N) is 2. The van der Waals surface area contributed by atoms with Crippen molar-refractivity contribution in [2.45, 2.75) is 32.2 Å². The van der Waals surface area contributed by atoms with Crippen molar-refractivity contribution in [3.8, 4) is 5.75 Å². The Morgan fingerprint density at radius 2 is 2.07 bits per heavy atom. The second-order valence-electron chi connectivity index (χ2n) is 7.41. The van der Waals surface area contributed by atoms with E-state index in [1.165, 1.54) is 17.7 Å². The fourth-order valence-corrected chi connectivity index (χ4v) is 4.08. The number of aromatic amines is 1. The second kappa shape index (κ2) is 8.15. The summed E-state index contributed by atoms with van der Waals surface area (Å²) in [6.45, 7) is 3.34. The van der Waals surface area contributed by atoms with E-state index in [0.717, 1.165) is 47.2 Å². The van der Waals surface area contributed by atoms with Gasteiger partial charge in [0.05, 0.1) is 13.2 Å². The van der Waals surface area contributed by atoms with Gasteiger partial charge in [0.2, 0.25) is 0 Å². The fourth-order valence-electron chi connectivity index (χ4n) is 4.08. The maximum atomic E-state index is 13.5. The molecule has 2 aromatic carbocycles. The summed E-state index contributed by atoms with van der Waals surface area (Å²) in [4.78, 5) is 18.3. The molecule has 0 aliphatic carbocycles. The van der Waals surface area contributed by atoms with Crippen LogP contribution in [0.3, 0.4) is 0 Å². The van der Waals surface area contributed by atoms with E-state index < -0.39 is 0 Å². The molecule has 2 N–H and O–H groups in total. The van der Waals surface area contributed by atoms with Crippen LogP contribution in [0.1, 0.15) is 42.6 Å². The third kappa shape index (κ3) is 3.67. The Labute approximate surface area is 169 Å². The van der Waals surface area contributed by atoms with E-state index in [2.05, 4.69) is 17.2 Å². The predicted octanol–water partition coefficient (Wildman–Crippen LogP) is 4.77. The van der Waals surface area contributed by atoms with Crippen molar-refractivity contribution in [1.29, 1.82) is 0 Å². The zero-order valence-electron chi connectivity index (χ0n) is 16.8. The van der Waals surface area contributed by atoms with Crippen LogP contribution in [0.25, 0.3) is 10.9 Å². The molecule has 0 saturated carbocycles. The van der Waals surface area contributed by atoms with Gasteiger partial charge in [-0.2, -0.15) is 0 Å². The highest BCUT2D eigenvalue weighted by molar-refractivity contribution is 5.87. The van der Waals surface area contributed by atoms with Gasteiger partial charge < -0.3 is 19.9 Å². The Bertz CT molecular complexity index is 1010. The van der Waals surface area contributed by atoms with Crippen molar-refractivity contribution in [2.75, 3.05) is 20.2 Å². The normalized spacial score (nSPS) is 16.0. The zero-order chi connectivity index (χ0) is 20.4. The summed E-state index contributed by atoms with van der Waals surface area (Å²) in [5, 5.41) is 4.14. The molecule has 2 amide bonds. The average Bonchev–Trinajstić information content (AvgIpc) is 3.11. The number of H-pyrrole nitrogens is 1. The Morgan fingerprint density at radius 1 is 1.28 bits per heavy atom. The second-order valence-corrected chi connectivity index (χ2v) is 7.41. The largest absolute Gasteiger partial charge is 0.497 e. The fraction of sp³-hybridized carbons (Fsp3) is 0.348. The van der Waals surface area contributed by atoms with Gasteiger partial charge in [-0.25, -0.2) is 9.18 Å². The molecule has 0 fully saturated rings. The first kappa shape index (κ1) is 19.3. The van der Waals surface area contributed by atoms with E-state index in [-0.39, 0.29) is 17.9 Å².